The Morgan fingerprint density at radius 2 is 2.10 bits per heavy atom. The number of hydrogen-bond donors (Lipinski definition) is 0. The van der Waals surface area contributed by atoms with Gasteiger partial charge in [-0.05, 0) is 42.7 Å². The summed E-state index contributed by atoms with van der Waals surface area (Å²) in [6, 6.07) is 6.45. The number of hydrogen-bond acceptors (Lipinski definition) is 7. The molecule has 0 saturated heterocycles. The van der Waals surface area contributed by atoms with Crippen LogP contribution in [0, 0.1) is 6.92 Å². The summed E-state index contributed by atoms with van der Waals surface area (Å²) in [6.45, 7) is 1.72. The first kappa shape index (κ1) is 13.4. The third-order valence-electron chi connectivity index (χ3n) is 3.02. The van der Waals surface area contributed by atoms with Crippen LogP contribution in [0.25, 0.3) is 11.0 Å². The molecule has 0 radical (unpaired) electrons. The Morgan fingerprint density at radius 3 is 2.76 bits per heavy atom. The average molecular weight is 302 g/mol. The molecule has 21 heavy (non-hydrogen) atoms. The van der Waals surface area contributed by atoms with E-state index in [1.807, 2.05) is 0 Å². The van der Waals surface area contributed by atoms with Crippen LogP contribution in [0.15, 0.2) is 28.7 Å². The third-order valence-corrected chi connectivity index (χ3v) is 3.85. The van der Waals surface area contributed by atoms with Gasteiger partial charge in [-0.2, -0.15) is 0 Å². The molecule has 0 amide bonds. The first-order valence-corrected chi connectivity index (χ1v) is 6.83. The van der Waals surface area contributed by atoms with E-state index in [2.05, 4.69) is 14.3 Å². The molecule has 0 N–H and O–H groups in total. The summed E-state index contributed by atoms with van der Waals surface area (Å²) in [5, 5.41) is 4.47. The van der Waals surface area contributed by atoms with Gasteiger partial charge in [0.1, 0.15) is 10.5 Å². The second-order valence-electron chi connectivity index (χ2n) is 4.37. The summed E-state index contributed by atoms with van der Waals surface area (Å²) in [6.07, 6.45) is 0. The van der Waals surface area contributed by atoms with Crippen molar-refractivity contribution in [2.24, 2.45) is 0 Å². The predicted molar refractivity (Wildman–Crippen MR) is 75.6 cm³/mol. The van der Waals surface area contributed by atoms with Crippen LogP contribution in [0.2, 0.25) is 0 Å². The number of esters is 1. The second-order valence-corrected chi connectivity index (χ2v) is 5.13. The summed E-state index contributed by atoms with van der Waals surface area (Å²) in [7, 11) is 1.32. The second kappa shape index (κ2) is 5.10. The van der Waals surface area contributed by atoms with Gasteiger partial charge in [0.05, 0.1) is 18.4 Å². The maximum Gasteiger partial charge on any atom is 0.337 e. The molecule has 7 heteroatoms. The van der Waals surface area contributed by atoms with Crippen LogP contribution in [0.1, 0.15) is 31.5 Å². The first-order valence-electron chi connectivity index (χ1n) is 6.05. The molecular formula is C14H10N2O4S. The van der Waals surface area contributed by atoms with E-state index in [1.165, 1.54) is 7.11 Å². The van der Waals surface area contributed by atoms with E-state index < -0.39 is 5.97 Å². The number of fused-ring (bicyclic) bond motifs is 1. The molecule has 3 rings (SSSR count). The van der Waals surface area contributed by atoms with Gasteiger partial charge in [-0.25, -0.2) is 4.79 Å². The molecule has 2 heterocycles. The van der Waals surface area contributed by atoms with E-state index >= 15 is 0 Å². The van der Waals surface area contributed by atoms with Crippen molar-refractivity contribution in [3.63, 3.8) is 0 Å². The van der Waals surface area contributed by atoms with Crippen LogP contribution in [0.4, 0.5) is 0 Å². The summed E-state index contributed by atoms with van der Waals surface area (Å²) in [4.78, 5) is 24.3. The van der Waals surface area contributed by atoms with E-state index in [-0.39, 0.29) is 11.5 Å². The van der Waals surface area contributed by atoms with Crippen LogP contribution in [-0.4, -0.2) is 28.4 Å². The number of carbonyl (C=O) groups excluding carboxylic acids is 2. The maximum atomic E-state index is 12.3. The van der Waals surface area contributed by atoms with Crippen LogP contribution in [0.5, 0.6) is 0 Å². The fraction of sp³-hybridized carbons (Fsp3) is 0.143. The van der Waals surface area contributed by atoms with E-state index in [4.69, 9.17) is 4.42 Å². The quantitative estimate of drug-likeness (QED) is 0.546. The zero-order valence-electron chi connectivity index (χ0n) is 11.2. The van der Waals surface area contributed by atoms with E-state index in [0.717, 1.165) is 11.5 Å². The number of nitrogens with zero attached hydrogens (tertiary/aromatic N) is 2. The minimum atomic E-state index is -0.437. The zero-order chi connectivity index (χ0) is 15.0. The molecule has 6 nitrogen and oxygen atoms in total. The van der Waals surface area contributed by atoms with Gasteiger partial charge in [-0.1, -0.05) is 4.49 Å². The molecule has 0 aliphatic rings. The molecule has 0 aliphatic carbocycles. The summed E-state index contributed by atoms with van der Waals surface area (Å²) < 4.78 is 13.9. The maximum absolute atomic E-state index is 12.3. The molecular weight excluding hydrogens is 292 g/mol. The highest BCUT2D eigenvalue weighted by atomic mass is 32.1. The lowest BCUT2D eigenvalue weighted by molar-refractivity contribution is 0.0601. The van der Waals surface area contributed by atoms with Gasteiger partial charge in [0, 0.05) is 5.39 Å². The molecule has 0 fully saturated rings. The van der Waals surface area contributed by atoms with Crippen molar-refractivity contribution in [3.8, 4) is 0 Å². The van der Waals surface area contributed by atoms with Gasteiger partial charge in [0.2, 0.25) is 5.78 Å². The van der Waals surface area contributed by atoms with Gasteiger partial charge in [0.15, 0.2) is 5.76 Å². The molecule has 0 atom stereocenters. The summed E-state index contributed by atoms with van der Waals surface area (Å²) in [5.41, 5.74) is 1.50. The highest BCUT2D eigenvalue weighted by molar-refractivity contribution is 7.08. The monoisotopic (exact) mass is 302 g/mol. The van der Waals surface area contributed by atoms with Crippen molar-refractivity contribution < 1.29 is 18.7 Å². The van der Waals surface area contributed by atoms with Crippen molar-refractivity contribution in [1.29, 1.82) is 0 Å². The third kappa shape index (κ3) is 2.31. The summed E-state index contributed by atoms with van der Waals surface area (Å²) in [5.74, 6) is -0.507. The largest absolute Gasteiger partial charge is 0.465 e. The molecule has 106 valence electrons. The number of benzene rings is 1. The van der Waals surface area contributed by atoms with E-state index in [1.54, 1.807) is 31.2 Å². The Bertz CT molecular complexity index is 850. The minimum absolute atomic E-state index is 0.196. The van der Waals surface area contributed by atoms with Gasteiger partial charge in [-0.3, -0.25) is 4.79 Å². The zero-order valence-corrected chi connectivity index (χ0v) is 12.1. The van der Waals surface area contributed by atoms with Crippen molar-refractivity contribution in [1.82, 2.24) is 9.59 Å². The number of ether oxygens (including phenoxy) is 1. The highest BCUT2D eigenvalue weighted by Crippen LogP contribution is 2.24. The molecule has 0 unspecified atom stereocenters. The Labute approximate surface area is 123 Å². The number of ketones is 1. The number of methoxy groups -OCH3 is 1. The van der Waals surface area contributed by atoms with Crippen LogP contribution >= 0.6 is 11.5 Å². The molecule has 2 aromatic heterocycles. The van der Waals surface area contributed by atoms with Crippen LogP contribution in [-0.2, 0) is 4.74 Å². The SMILES string of the molecule is COC(=O)c1ccc2oc(C(=O)c3snnc3C)cc2c1. The lowest BCUT2D eigenvalue weighted by Gasteiger charge is -1.97. The van der Waals surface area contributed by atoms with E-state index in [0.29, 0.717) is 27.1 Å². The Kier molecular flexibility index (Phi) is 3.26. The topological polar surface area (TPSA) is 82.3 Å². The van der Waals surface area contributed by atoms with Gasteiger partial charge < -0.3 is 9.15 Å². The van der Waals surface area contributed by atoms with Gasteiger partial charge in [-0.15, -0.1) is 5.10 Å². The molecule has 0 aliphatic heterocycles. The average Bonchev–Trinajstić information content (AvgIpc) is 3.10. The fourth-order valence-corrected chi connectivity index (χ4v) is 2.55. The molecule has 0 spiro atoms. The number of aromatic nitrogens is 2. The molecule has 1 aromatic carbocycles. The van der Waals surface area contributed by atoms with Gasteiger partial charge in [0.25, 0.3) is 0 Å². The number of rotatable bonds is 3. The standard InChI is InChI=1S/C14H10N2O4S/c1-7-13(21-16-15-7)12(17)11-6-9-5-8(14(18)19-2)3-4-10(9)20-11/h3-6H,1-2H3. The Morgan fingerprint density at radius 1 is 1.29 bits per heavy atom. The number of carbonyl (C=O) groups is 2. The molecule has 0 saturated carbocycles. The summed E-state index contributed by atoms with van der Waals surface area (Å²) >= 11 is 1.03. The van der Waals surface area contributed by atoms with E-state index in [9.17, 15) is 9.59 Å². The van der Waals surface area contributed by atoms with Crippen molar-refractivity contribution in [2.75, 3.05) is 7.11 Å². The molecule has 3 aromatic rings. The Balaban J connectivity index is 2.03. The normalized spacial score (nSPS) is 10.8. The van der Waals surface area contributed by atoms with Crippen molar-refractivity contribution in [2.45, 2.75) is 6.92 Å². The van der Waals surface area contributed by atoms with Crippen LogP contribution < -0.4 is 0 Å². The smallest absolute Gasteiger partial charge is 0.337 e. The Hall–Kier alpha value is -2.54. The minimum Gasteiger partial charge on any atom is -0.465 e. The van der Waals surface area contributed by atoms with Crippen molar-refractivity contribution in [3.05, 3.63) is 46.2 Å². The van der Waals surface area contributed by atoms with Crippen molar-refractivity contribution >= 4 is 34.3 Å². The van der Waals surface area contributed by atoms with Gasteiger partial charge >= 0.3 is 5.97 Å². The number of furan rings is 1. The highest BCUT2D eigenvalue weighted by Gasteiger charge is 2.20. The lowest BCUT2D eigenvalue weighted by atomic mass is 10.1. The number of aryl methyl sites for hydroxylation is 1. The molecule has 0 bridgehead atoms. The fourth-order valence-electron chi connectivity index (χ4n) is 1.95. The lowest BCUT2D eigenvalue weighted by Crippen LogP contribution is -2.00. The predicted octanol–water partition coefficient (Wildman–Crippen LogP) is 2.61. The first-order chi connectivity index (χ1) is 10.1. The van der Waals surface area contributed by atoms with Crippen LogP contribution in [0.3, 0.4) is 0 Å².